The lowest BCUT2D eigenvalue weighted by molar-refractivity contribution is 0.0994. The molecule has 1 amide bonds. The second-order valence-corrected chi connectivity index (χ2v) is 5.45. The molecule has 5 nitrogen and oxygen atoms in total. The quantitative estimate of drug-likeness (QED) is 0.905. The Hall–Kier alpha value is -2.30. The van der Waals surface area contributed by atoms with Gasteiger partial charge in [-0.25, -0.2) is 4.68 Å². The van der Waals surface area contributed by atoms with Gasteiger partial charge in [-0.3, -0.25) is 4.79 Å². The van der Waals surface area contributed by atoms with Crippen molar-refractivity contribution in [2.75, 3.05) is 11.9 Å². The van der Waals surface area contributed by atoms with E-state index in [2.05, 4.69) is 41.6 Å². The van der Waals surface area contributed by atoms with Gasteiger partial charge in [0, 0.05) is 12.6 Å². The number of anilines is 1. The summed E-state index contributed by atoms with van der Waals surface area (Å²) >= 11 is 0. The van der Waals surface area contributed by atoms with E-state index in [4.69, 9.17) is 5.73 Å². The van der Waals surface area contributed by atoms with Crippen molar-refractivity contribution in [1.82, 2.24) is 9.78 Å². The predicted octanol–water partition coefficient (Wildman–Crippen LogP) is 2.34. The molecular weight excluding hydrogens is 264 g/mol. The van der Waals surface area contributed by atoms with Crippen LogP contribution in [-0.2, 0) is 6.42 Å². The summed E-state index contributed by atoms with van der Waals surface area (Å²) in [5.41, 5.74) is 8.21. The van der Waals surface area contributed by atoms with E-state index >= 15 is 0 Å². The highest BCUT2D eigenvalue weighted by molar-refractivity contribution is 5.91. The van der Waals surface area contributed by atoms with Crippen molar-refractivity contribution in [3.8, 4) is 0 Å². The van der Waals surface area contributed by atoms with Crippen LogP contribution in [0, 0.1) is 0 Å². The Morgan fingerprint density at radius 2 is 2.19 bits per heavy atom. The molecule has 2 heterocycles. The van der Waals surface area contributed by atoms with Gasteiger partial charge in [0.2, 0.25) is 0 Å². The molecule has 5 heteroatoms. The lowest BCUT2D eigenvalue weighted by atomic mass is 10.00. The number of nitrogens with two attached hydrogens (primary N) is 1. The third kappa shape index (κ3) is 2.63. The zero-order valence-corrected chi connectivity index (χ0v) is 12.2. The summed E-state index contributed by atoms with van der Waals surface area (Å²) in [6, 6.07) is 10.6. The third-order valence-electron chi connectivity index (χ3n) is 3.91. The topological polar surface area (TPSA) is 72.9 Å². The summed E-state index contributed by atoms with van der Waals surface area (Å²) in [6.07, 6.45) is 3.20. The van der Waals surface area contributed by atoms with Gasteiger partial charge in [-0.15, -0.1) is 0 Å². The number of primary amides is 1. The maximum absolute atomic E-state index is 11.3. The molecule has 3 rings (SSSR count). The monoisotopic (exact) mass is 284 g/mol. The van der Waals surface area contributed by atoms with Crippen LogP contribution in [-0.4, -0.2) is 22.2 Å². The molecule has 110 valence electrons. The van der Waals surface area contributed by atoms with E-state index in [1.807, 2.05) is 4.68 Å². The molecule has 0 bridgehead atoms. The molecule has 1 aromatic carbocycles. The van der Waals surface area contributed by atoms with Crippen LogP contribution in [0.1, 0.15) is 47.4 Å². The smallest absolute Gasteiger partial charge is 0.269 e. The summed E-state index contributed by atoms with van der Waals surface area (Å²) < 4.78 is 1.87. The van der Waals surface area contributed by atoms with Gasteiger partial charge in [0.05, 0.1) is 6.04 Å². The number of hydrogen-bond donors (Lipinski definition) is 2. The van der Waals surface area contributed by atoms with Crippen LogP contribution >= 0.6 is 0 Å². The zero-order chi connectivity index (χ0) is 14.8. The van der Waals surface area contributed by atoms with Crippen LogP contribution in [0.2, 0.25) is 0 Å². The van der Waals surface area contributed by atoms with Crippen LogP contribution in [0.15, 0.2) is 30.3 Å². The van der Waals surface area contributed by atoms with Gasteiger partial charge in [0.25, 0.3) is 5.91 Å². The average Bonchev–Trinajstić information content (AvgIpc) is 2.93. The van der Waals surface area contributed by atoms with Crippen LogP contribution in [0.4, 0.5) is 5.82 Å². The number of carbonyl (C=O) groups is 1. The summed E-state index contributed by atoms with van der Waals surface area (Å²) in [4.78, 5) is 11.3. The third-order valence-corrected chi connectivity index (χ3v) is 3.91. The molecule has 1 aliphatic rings. The van der Waals surface area contributed by atoms with E-state index in [9.17, 15) is 4.79 Å². The molecule has 0 fully saturated rings. The fourth-order valence-electron chi connectivity index (χ4n) is 2.85. The van der Waals surface area contributed by atoms with Gasteiger partial charge in [-0.05, 0) is 24.0 Å². The Kier molecular flexibility index (Phi) is 3.64. The standard InChI is InChI=1S/C16H20N4O/c1-2-3-11-4-6-12(7-5-11)14-8-9-18-15-10-13(16(17)21)19-20(14)15/h4-7,10,14,18H,2-3,8-9H2,1H3,(H2,17,21). The zero-order valence-electron chi connectivity index (χ0n) is 12.2. The summed E-state index contributed by atoms with van der Waals surface area (Å²) in [7, 11) is 0. The Labute approximate surface area is 124 Å². The minimum atomic E-state index is -0.490. The second-order valence-electron chi connectivity index (χ2n) is 5.45. The number of benzene rings is 1. The lowest BCUT2D eigenvalue weighted by Gasteiger charge is -2.26. The molecule has 2 aromatic rings. The summed E-state index contributed by atoms with van der Waals surface area (Å²) in [5, 5.41) is 7.61. The Morgan fingerprint density at radius 3 is 2.86 bits per heavy atom. The Bertz CT molecular complexity index is 645. The van der Waals surface area contributed by atoms with Gasteiger partial charge in [0.1, 0.15) is 5.82 Å². The van der Waals surface area contributed by atoms with E-state index < -0.39 is 5.91 Å². The molecule has 21 heavy (non-hydrogen) atoms. The number of carbonyl (C=O) groups excluding carboxylic acids is 1. The lowest BCUT2D eigenvalue weighted by Crippen LogP contribution is -2.24. The van der Waals surface area contributed by atoms with Crippen molar-refractivity contribution < 1.29 is 4.79 Å². The van der Waals surface area contributed by atoms with Crippen LogP contribution in [0.25, 0.3) is 0 Å². The fourth-order valence-corrected chi connectivity index (χ4v) is 2.85. The number of nitrogens with zero attached hydrogens (tertiary/aromatic N) is 2. The number of aromatic nitrogens is 2. The van der Waals surface area contributed by atoms with E-state index in [1.165, 1.54) is 11.1 Å². The first-order valence-corrected chi connectivity index (χ1v) is 7.41. The van der Waals surface area contributed by atoms with Crippen molar-refractivity contribution in [3.05, 3.63) is 47.2 Å². The largest absolute Gasteiger partial charge is 0.370 e. The van der Waals surface area contributed by atoms with Gasteiger partial charge in [-0.1, -0.05) is 37.6 Å². The van der Waals surface area contributed by atoms with Crippen LogP contribution in [0.5, 0.6) is 0 Å². The van der Waals surface area contributed by atoms with E-state index in [-0.39, 0.29) is 6.04 Å². The first kappa shape index (κ1) is 13.7. The molecule has 0 aliphatic carbocycles. The highest BCUT2D eigenvalue weighted by Gasteiger charge is 2.24. The second kappa shape index (κ2) is 5.60. The molecule has 1 unspecified atom stereocenters. The number of fused-ring (bicyclic) bond motifs is 1. The average molecular weight is 284 g/mol. The number of hydrogen-bond acceptors (Lipinski definition) is 3. The molecule has 0 saturated carbocycles. The van der Waals surface area contributed by atoms with Gasteiger partial charge < -0.3 is 11.1 Å². The number of nitrogens with one attached hydrogen (secondary N) is 1. The molecule has 3 N–H and O–H groups in total. The highest BCUT2D eigenvalue weighted by Crippen LogP contribution is 2.30. The number of amides is 1. The predicted molar refractivity (Wildman–Crippen MR) is 82.4 cm³/mol. The molecule has 1 atom stereocenters. The number of aryl methyl sites for hydroxylation is 1. The van der Waals surface area contributed by atoms with Gasteiger partial charge >= 0.3 is 0 Å². The Morgan fingerprint density at radius 1 is 1.43 bits per heavy atom. The molecule has 0 saturated heterocycles. The Balaban J connectivity index is 1.92. The minimum absolute atomic E-state index is 0.157. The van der Waals surface area contributed by atoms with Crippen LogP contribution < -0.4 is 11.1 Å². The van der Waals surface area contributed by atoms with E-state index in [1.54, 1.807) is 6.07 Å². The maximum Gasteiger partial charge on any atom is 0.269 e. The SMILES string of the molecule is CCCc1ccc(C2CCNc3cc(C(N)=O)nn32)cc1. The maximum atomic E-state index is 11.3. The molecular formula is C16H20N4O. The minimum Gasteiger partial charge on any atom is -0.370 e. The van der Waals surface area contributed by atoms with Crippen molar-refractivity contribution >= 4 is 11.7 Å². The van der Waals surface area contributed by atoms with Crippen LogP contribution in [0.3, 0.4) is 0 Å². The fraction of sp³-hybridized carbons (Fsp3) is 0.375. The summed E-state index contributed by atoms with van der Waals surface area (Å²) in [6.45, 7) is 3.05. The molecule has 0 radical (unpaired) electrons. The molecule has 1 aliphatic heterocycles. The highest BCUT2D eigenvalue weighted by atomic mass is 16.1. The van der Waals surface area contributed by atoms with Gasteiger partial charge in [0.15, 0.2) is 5.69 Å². The normalized spacial score (nSPS) is 17.1. The van der Waals surface area contributed by atoms with Crippen molar-refractivity contribution in [2.24, 2.45) is 5.73 Å². The van der Waals surface area contributed by atoms with E-state index in [0.29, 0.717) is 5.69 Å². The van der Waals surface area contributed by atoms with E-state index in [0.717, 1.165) is 31.6 Å². The first-order chi connectivity index (χ1) is 10.2. The summed E-state index contributed by atoms with van der Waals surface area (Å²) in [5.74, 6) is 0.369. The van der Waals surface area contributed by atoms with Gasteiger partial charge in [-0.2, -0.15) is 5.10 Å². The molecule has 0 spiro atoms. The molecule has 1 aromatic heterocycles. The van der Waals surface area contributed by atoms with Crippen molar-refractivity contribution in [3.63, 3.8) is 0 Å². The van der Waals surface area contributed by atoms with Crippen molar-refractivity contribution in [2.45, 2.75) is 32.2 Å². The first-order valence-electron chi connectivity index (χ1n) is 7.41. The van der Waals surface area contributed by atoms with Crippen molar-refractivity contribution in [1.29, 1.82) is 0 Å². The number of rotatable bonds is 4.